The van der Waals surface area contributed by atoms with E-state index in [9.17, 15) is 28.8 Å². The van der Waals surface area contributed by atoms with Crippen LogP contribution in [0.3, 0.4) is 0 Å². The second kappa shape index (κ2) is 16.8. The van der Waals surface area contributed by atoms with Crippen LogP contribution in [0.2, 0.25) is 0 Å². The summed E-state index contributed by atoms with van der Waals surface area (Å²) in [7, 11) is 0. The molecule has 1 aromatic carbocycles. The first-order valence-corrected chi connectivity index (χ1v) is 15.2. The molecule has 0 radical (unpaired) electrons. The largest absolute Gasteiger partial charge is 0.370 e. The maximum atomic E-state index is 13.5. The predicted octanol–water partition coefficient (Wildman–Crippen LogP) is -1.86. The number of nitrogens with two attached hydrogens (primary N) is 3. The van der Waals surface area contributed by atoms with Crippen molar-refractivity contribution < 1.29 is 28.8 Å². The first-order chi connectivity index (χ1) is 21.8. The summed E-state index contributed by atoms with van der Waals surface area (Å²) in [6.45, 7) is 3.49. The number of H-pyrrole nitrogens is 1. The van der Waals surface area contributed by atoms with Crippen LogP contribution in [0.1, 0.15) is 51.5 Å². The highest BCUT2D eigenvalue weighted by Crippen LogP contribution is 2.19. The minimum absolute atomic E-state index is 0.0242. The molecule has 0 spiro atoms. The number of nitrogens with zero attached hydrogens (tertiary/aromatic N) is 1. The van der Waals surface area contributed by atoms with E-state index in [0.29, 0.717) is 12.8 Å². The molecule has 1 fully saturated rings. The number of aromatic nitrogens is 1. The van der Waals surface area contributed by atoms with Gasteiger partial charge in [-0.2, -0.15) is 0 Å². The predicted molar refractivity (Wildman–Crippen MR) is 171 cm³/mol. The Morgan fingerprint density at radius 2 is 1.67 bits per heavy atom. The molecule has 1 saturated heterocycles. The topological polar surface area (TPSA) is 269 Å². The monoisotopic (exact) mass is 640 g/mol. The van der Waals surface area contributed by atoms with Crippen LogP contribution >= 0.6 is 0 Å². The number of rotatable bonds is 17. The number of carbonyl (C=O) groups is 6. The van der Waals surface area contributed by atoms with Crippen molar-refractivity contribution in [1.29, 1.82) is 0 Å². The number of primary amides is 1. The number of aromatic amines is 1. The Kier molecular flexibility index (Phi) is 12.9. The van der Waals surface area contributed by atoms with Gasteiger partial charge in [0.1, 0.15) is 24.2 Å². The highest BCUT2D eigenvalue weighted by Gasteiger charge is 2.31. The van der Waals surface area contributed by atoms with E-state index < -0.39 is 60.2 Å². The van der Waals surface area contributed by atoms with Crippen LogP contribution in [0, 0.1) is 5.92 Å². The van der Waals surface area contributed by atoms with E-state index in [1.54, 1.807) is 6.20 Å². The molecule has 1 aliphatic rings. The number of hydrogen-bond donors (Lipinski definition) is 9. The molecule has 250 valence electrons. The standard InChI is InChI=1S/C30H44N10O6/c1-16(2)12-23(38-25(42)15-36-27(44)21-9-10-24(41)37-21)29(46)39-20(8-5-11-34-30(32)33)28(45)40-22(26(31)43)13-17-14-35-19-7-4-3-6-18(17)19/h3-4,6-7,14,16,20-23,35H,5,8-13,15H2,1-2H3,(H2,31,43)(H,36,44)(H,37,41)(H,38,42)(H,39,46)(H,40,45)(H4,32,33,34). The maximum absolute atomic E-state index is 13.5. The SMILES string of the molecule is CC(C)CC(NC(=O)CNC(=O)C1CCC(=O)N1)C(=O)NC(CCCN=C(N)N)C(=O)NC(Cc1c[nH]c2ccccc12)C(N)=O. The molecule has 3 rings (SSSR count). The average molecular weight is 641 g/mol. The summed E-state index contributed by atoms with van der Waals surface area (Å²) in [5.41, 5.74) is 18.1. The first-order valence-electron chi connectivity index (χ1n) is 15.2. The summed E-state index contributed by atoms with van der Waals surface area (Å²) in [5.74, 6) is -3.56. The highest BCUT2D eigenvalue weighted by atomic mass is 16.2. The lowest BCUT2D eigenvalue weighted by atomic mass is 10.0. The average Bonchev–Trinajstić information content (AvgIpc) is 3.62. The number of guanidine groups is 1. The van der Waals surface area contributed by atoms with E-state index in [1.165, 1.54) is 0 Å². The first kappa shape index (κ1) is 35.3. The van der Waals surface area contributed by atoms with Gasteiger partial charge in [-0.05, 0) is 43.2 Å². The van der Waals surface area contributed by atoms with Crippen LogP contribution in [-0.4, -0.2) is 83.6 Å². The van der Waals surface area contributed by atoms with Crippen molar-refractivity contribution in [3.05, 3.63) is 36.0 Å². The lowest BCUT2D eigenvalue weighted by Gasteiger charge is -2.25. The van der Waals surface area contributed by atoms with Crippen molar-refractivity contribution in [2.24, 2.45) is 28.1 Å². The molecule has 16 nitrogen and oxygen atoms in total. The molecule has 12 N–H and O–H groups in total. The fourth-order valence-electron chi connectivity index (χ4n) is 5.11. The fraction of sp³-hybridized carbons (Fsp3) is 0.500. The Hall–Kier alpha value is -5.15. The van der Waals surface area contributed by atoms with Gasteiger partial charge in [-0.25, -0.2) is 0 Å². The number of benzene rings is 1. The summed E-state index contributed by atoms with van der Waals surface area (Å²) in [6.07, 6.45) is 3.07. The molecule has 46 heavy (non-hydrogen) atoms. The summed E-state index contributed by atoms with van der Waals surface area (Å²) in [4.78, 5) is 82.8. The molecule has 0 saturated carbocycles. The lowest BCUT2D eigenvalue weighted by Crippen LogP contribution is -2.57. The molecule has 1 aliphatic heterocycles. The van der Waals surface area contributed by atoms with Crippen LogP contribution in [0.5, 0.6) is 0 Å². The quantitative estimate of drug-likeness (QED) is 0.0536. The van der Waals surface area contributed by atoms with Crippen LogP contribution in [-0.2, 0) is 35.2 Å². The smallest absolute Gasteiger partial charge is 0.243 e. The van der Waals surface area contributed by atoms with E-state index in [-0.39, 0.29) is 50.0 Å². The Balaban J connectivity index is 1.69. The molecule has 6 amide bonds. The van der Waals surface area contributed by atoms with E-state index >= 15 is 0 Å². The minimum atomic E-state index is -1.12. The van der Waals surface area contributed by atoms with Gasteiger partial charge in [0.15, 0.2) is 5.96 Å². The number of carbonyl (C=O) groups excluding carboxylic acids is 6. The molecule has 2 aromatic rings. The Morgan fingerprint density at radius 3 is 2.33 bits per heavy atom. The molecule has 4 atom stereocenters. The molecule has 0 bridgehead atoms. The van der Waals surface area contributed by atoms with Gasteiger partial charge >= 0.3 is 0 Å². The normalized spacial score (nSPS) is 16.2. The molecule has 16 heteroatoms. The summed E-state index contributed by atoms with van der Waals surface area (Å²) in [6, 6.07) is 3.54. The number of hydrogen-bond acceptors (Lipinski definition) is 7. The van der Waals surface area contributed by atoms with Crippen molar-refractivity contribution >= 4 is 52.3 Å². The van der Waals surface area contributed by atoms with Gasteiger partial charge in [-0.3, -0.25) is 33.8 Å². The van der Waals surface area contributed by atoms with Crippen molar-refractivity contribution in [1.82, 2.24) is 31.6 Å². The number of nitrogens with one attached hydrogen (secondary N) is 6. The summed E-state index contributed by atoms with van der Waals surface area (Å²) < 4.78 is 0. The van der Waals surface area contributed by atoms with Crippen LogP contribution in [0.25, 0.3) is 10.9 Å². The third-order valence-corrected chi connectivity index (χ3v) is 7.43. The van der Waals surface area contributed by atoms with Gasteiger partial charge in [-0.15, -0.1) is 0 Å². The van der Waals surface area contributed by atoms with Crippen molar-refractivity contribution in [2.45, 2.75) is 76.5 Å². The third kappa shape index (κ3) is 10.8. The van der Waals surface area contributed by atoms with Crippen LogP contribution in [0.4, 0.5) is 0 Å². The minimum Gasteiger partial charge on any atom is -0.370 e. The second-order valence-electron chi connectivity index (χ2n) is 11.7. The number of aliphatic imine (C=N–C) groups is 1. The van der Waals surface area contributed by atoms with Gasteiger partial charge in [0.05, 0.1) is 6.54 Å². The molecule has 1 aromatic heterocycles. The lowest BCUT2D eigenvalue weighted by molar-refractivity contribution is -0.134. The zero-order chi connectivity index (χ0) is 33.8. The van der Waals surface area contributed by atoms with Crippen LogP contribution < -0.4 is 43.8 Å². The number of fused-ring (bicyclic) bond motifs is 1. The Morgan fingerprint density at radius 1 is 0.978 bits per heavy atom. The van der Waals surface area contributed by atoms with Crippen molar-refractivity contribution in [3.8, 4) is 0 Å². The number of para-hydroxylation sites is 1. The third-order valence-electron chi connectivity index (χ3n) is 7.43. The van der Waals surface area contributed by atoms with E-state index in [1.807, 2.05) is 38.1 Å². The van der Waals surface area contributed by atoms with E-state index in [2.05, 4.69) is 36.6 Å². The molecular formula is C30H44N10O6. The van der Waals surface area contributed by atoms with Gasteiger partial charge in [0, 0.05) is 36.5 Å². The van der Waals surface area contributed by atoms with Gasteiger partial charge in [-0.1, -0.05) is 32.0 Å². The maximum Gasteiger partial charge on any atom is 0.243 e. The zero-order valence-corrected chi connectivity index (χ0v) is 26.1. The Bertz CT molecular complexity index is 1450. The zero-order valence-electron chi connectivity index (χ0n) is 26.1. The molecule has 4 unspecified atom stereocenters. The Labute approximate surface area is 266 Å². The molecule has 2 heterocycles. The van der Waals surface area contributed by atoms with Gasteiger partial charge < -0.3 is 48.8 Å². The van der Waals surface area contributed by atoms with E-state index in [0.717, 1.165) is 16.5 Å². The number of amides is 6. The summed E-state index contributed by atoms with van der Waals surface area (Å²) in [5, 5.41) is 13.8. The van der Waals surface area contributed by atoms with Crippen LogP contribution in [0.15, 0.2) is 35.5 Å². The fourth-order valence-corrected chi connectivity index (χ4v) is 5.11. The second-order valence-corrected chi connectivity index (χ2v) is 11.7. The van der Waals surface area contributed by atoms with Gasteiger partial charge in [0.2, 0.25) is 35.4 Å². The van der Waals surface area contributed by atoms with Crippen molar-refractivity contribution in [2.75, 3.05) is 13.1 Å². The van der Waals surface area contributed by atoms with Crippen molar-refractivity contribution in [3.63, 3.8) is 0 Å². The molecular weight excluding hydrogens is 596 g/mol. The summed E-state index contributed by atoms with van der Waals surface area (Å²) >= 11 is 0. The highest BCUT2D eigenvalue weighted by molar-refractivity contribution is 5.96. The van der Waals surface area contributed by atoms with Gasteiger partial charge in [0.25, 0.3) is 0 Å². The molecule has 0 aliphatic carbocycles. The van der Waals surface area contributed by atoms with E-state index in [4.69, 9.17) is 17.2 Å².